The maximum Gasteiger partial charge on any atom is 0.123 e. The van der Waals surface area contributed by atoms with Crippen molar-refractivity contribution in [2.24, 2.45) is 0 Å². The standard InChI is InChI=1S/C9H19Cl2N/c1-6(2)12(7(3)4)8(5)9(10)11/h6-9H,1-5H3. The van der Waals surface area contributed by atoms with Gasteiger partial charge in [0.15, 0.2) is 0 Å². The van der Waals surface area contributed by atoms with Crippen molar-refractivity contribution in [1.82, 2.24) is 4.90 Å². The van der Waals surface area contributed by atoms with E-state index in [-0.39, 0.29) is 10.9 Å². The topological polar surface area (TPSA) is 3.24 Å². The molecule has 1 atom stereocenters. The summed E-state index contributed by atoms with van der Waals surface area (Å²) in [5.74, 6) is 0. The van der Waals surface area contributed by atoms with E-state index in [1.165, 1.54) is 0 Å². The van der Waals surface area contributed by atoms with E-state index < -0.39 is 0 Å². The van der Waals surface area contributed by atoms with Gasteiger partial charge in [0.2, 0.25) is 0 Å². The van der Waals surface area contributed by atoms with E-state index in [0.29, 0.717) is 12.1 Å². The van der Waals surface area contributed by atoms with Gasteiger partial charge in [-0.2, -0.15) is 0 Å². The Morgan fingerprint density at radius 1 is 0.833 bits per heavy atom. The quantitative estimate of drug-likeness (QED) is 0.646. The molecule has 1 nitrogen and oxygen atoms in total. The molecule has 0 saturated heterocycles. The molecular weight excluding hydrogens is 193 g/mol. The van der Waals surface area contributed by atoms with E-state index >= 15 is 0 Å². The molecule has 74 valence electrons. The van der Waals surface area contributed by atoms with Crippen LogP contribution in [0.4, 0.5) is 0 Å². The Morgan fingerprint density at radius 2 is 1.17 bits per heavy atom. The molecule has 0 aliphatic rings. The molecule has 0 rings (SSSR count). The zero-order valence-electron chi connectivity index (χ0n) is 8.51. The average molecular weight is 212 g/mol. The normalized spacial score (nSPS) is 15.2. The number of halogens is 2. The summed E-state index contributed by atoms with van der Waals surface area (Å²) in [6, 6.07) is 1.19. The molecule has 0 amide bonds. The first-order chi connectivity index (χ1) is 5.37. The number of rotatable bonds is 4. The van der Waals surface area contributed by atoms with Crippen LogP contribution in [0.5, 0.6) is 0 Å². The smallest absolute Gasteiger partial charge is 0.123 e. The molecule has 0 aliphatic carbocycles. The third kappa shape index (κ3) is 3.51. The molecule has 0 heterocycles. The second kappa shape index (κ2) is 5.31. The molecule has 0 aromatic rings. The Morgan fingerprint density at radius 3 is 1.25 bits per heavy atom. The summed E-state index contributed by atoms with van der Waals surface area (Å²) < 4.78 is 0. The Balaban J connectivity index is 4.30. The van der Waals surface area contributed by atoms with Crippen LogP contribution in [0.15, 0.2) is 0 Å². The number of alkyl halides is 2. The van der Waals surface area contributed by atoms with Crippen LogP contribution in [0.3, 0.4) is 0 Å². The molecule has 0 aromatic heterocycles. The van der Waals surface area contributed by atoms with Gasteiger partial charge in [0, 0.05) is 18.1 Å². The minimum absolute atomic E-state index is 0.216. The van der Waals surface area contributed by atoms with Gasteiger partial charge in [0.25, 0.3) is 0 Å². The molecule has 0 bridgehead atoms. The van der Waals surface area contributed by atoms with Gasteiger partial charge in [-0.15, -0.1) is 23.2 Å². The van der Waals surface area contributed by atoms with Crippen molar-refractivity contribution in [2.75, 3.05) is 0 Å². The summed E-state index contributed by atoms with van der Waals surface area (Å²) in [7, 11) is 0. The first-order valence-electron chi connectivity index (χ1n) is 4.43. The van der Waals surface area contributed by atoms with Crippen LogP contribution in [0, 0.1) is 0 Å². The minimum Gasteiger partial charge on any atom is -0.293 e. The molecule has 0 saturated carbocycles. The summed E-state index contributed by atoms with van der Waals surface area (Å²) in [4.78, 5) is 2.00. The lowest BCUT2D eigenvalue weighted by Crippen LogP contribution is -2.46. The predicted octanol–water partition coefficient (Wildman–Crippen LogP) is 3.30. The second-order valence-electron chi connectivity index (χ2n) is 3.71. The van der Waals surface area contributed by atoms with Gasteiger partial charge >= 0.3 is 0 Å². The van der Waals surface area contributed by atoms with E-state index in [1.54, 1.807) is 0 Å². The maximum absolute atomic E-state index is 5.83. The largest absolute Gasteiger partial charge is 0.293 e. The molecule has 12 heavy (non-hydrogen) atoms. The van der Waals surface area contributed by atoms with E-state index in [0.717, 1.165) is 0 Å². The molecule has 1 unspecified atom stereocenters. The second-order valence-corrected chi connectivity index (χ2v) is 4.87. The first-order valence-corrected chi connectivity index (χ1v) is 5.30. The molecule has 0 radical (unpaired) electrons. The molecule has 3 heteroatoms. The number of hydrogen-bond acceptors (Lipinski definition) is 1. The Labute approximate surface area is 86.0 Å². The molecule has 0 aromatic carbocycles. The van der Waals surface area contributed by atoms with Gasteiger partial charge in [-0.3, -0.25) is 4.90 Å². The zero-order chi connectivity index (χ0) is 9.89. The third-order valence-corrected chi connectivity index (χ3v) is 2.76. The van der Waals surface area contributed by atoms with Gasteiger partial charge in [-0.25, -0.2) is 0 Å². The fourth-order valence-corrected chi connectivity index (χ4v) is 1.93. The van der Waals surface area contributed by atoms with Crippen LogP contribution in [-0.4, -0.2) is 27.9 Å². The molecule has 0 fully saturated rings. The van der Waals surface area contributed by atoms with Crippen molar-refractivity contribution < 1.29 is 0 Å². The van der Waals surface area contributed by atoms with Gasteiger partial charge < -0.3 is 0 Å². The SMILES string of the molecule is CC(C)N(C(C)C)C(C)C(Cl)Cl. The highest BCUT2D eigenvalue weighted by atomic mass is 35.5. The van der Waals surface area contributed by atoms with E-state index in [1.807, 2.05) is 0 Å². The fourth-order valence-electron chi connectivity index (χ4n) is 1.67. The van der Waals surface area contributed by atoms with E-state index in [9.17, 15) is 0 Å². The van der Waals surface area contributed by atoms with Crippen LogP contribution in [-0.2, 0) is 0 Å². The molecule has 0 spiro atoms. The lowest BCUT2D eigenvalue weighted by Gasteiger charge is -2.36. The maximum atomic E-state index is 5.83. The lowest BCUT2D eigenvalue weighted by molar-refractivity contribution is 0.129. The monoisotopic (exact) mass is 211 g/mol. The molecular formula is C9H19Cl2N. The predicted molar refractivity (Wildman–Crippen MR) is 57.1 cm³/mol. The lowest BCUT2D eigenvalue weighted by atomic mass is 10.2. The van der Waals surface area contributed by atoms with Crippen LogP contribution >= 0.6 is 23.2 Å². The number of hydrogen-bond donors (Lipinski definition) is 0. The summed E-state index contributed by atoms with van der Waals surface area (Å²) >= 11 is 11.7. The van der Waals surface area contributed by atoms with Crippen LogP contribution < -0.4 is 0 Å². The van der Waals surface area contributed by atoms with Crippen molar-refractivity contribution in [3.63, 3.8) is 0 Å². The zero-order valence-corrected chi connectivity index (χ0v) is 10.0. The Bertz CT molecular complexity index is 116. The van der Waals surface area contributed by atoms with Crippen molar-refractivity contribution in [3.8, 4) is 0 Å². The van der Waals surface area contributed by atoms with Gasteiger partial charge in [-0.05, 0) is 34.6 Å². The highest BCUT2D eigenvalue weighted by Crippen LogP contribution is 2.19. The highest BCUT2D eigenvalue weighted by molar-refractivity contribution is 6.44. The summed E-state index contributed by atoms with van der Waals surface area (Å²) in [5.41, 5.74) is 0. The first kappa shape index (κ1) is 12.5. The van der Waals surface area contributed by atoms with Crippen LogP contribution in [0.25, 0.3) is 0 Å². The molecule has 0 N–H and O–H groups in total. The summed E-state index contributed by atoms with van der Waals surface area (Å²) in [6.07, 6.45) is 0. The summed E-state index contributed by atoms with van der Waals surface area (Å²) in [5, 5.41) is 0. The van der Waals surface area contributed by atoms with Gasteiger partial charge in [0.05, 0.1) is 0 Å². The minimum atomic E-state index is -0.310. The Hall–Kier alpha value is 0.540. The molecule has 0 aliphatic heterocycles. The van der Waals surface area contributed by atoms with Crippen LogP contribution in [0.2, 0.25) is 0 Å². The highest BCUT2D eigenvalue weighted by Gasteiger charge is 2.24. The Kier molecular flexibility index (Phi) is 5.55. The van der Waals surface area contributed by atoms with Crippen molar-refractivity contribution in [3.05, 3.63) is 0 Å². The van der Waals surface area contributed by atoms with Gasteiger partial charge in [0.1, 0.15) is 4.84 Å². The van der Waals surface area contributed by atoms with Crippen LogP contribution in [0.1, 0.15) is 34.6 Å². The average Bonchev–Trinajstić information content (AvgIpc) is 1.85. The third-order valence-electron chi connectivity index (χ3n) is 2.03. The van der Waals surface area contributed by atoms with E-state index in [2.05, 4.69) is 39.5 Å². The number of nitrogens with zero attached hydrogens (tertiary/aromatic N) is 1. The van der Waals surface area contributed by atoms with Crippen molar-refractivity contribution in [1.29, 1.82) is 0 Å². The van der Waals surface area contributed by atoms with Gasteiger partial charge in [-0.1, -0.05) is 0 Å². The van der Waals surface area contributed by atoms with Crippen molar-refractivity contribution in [2.45, 2.75) is 57.6 Å². The summed E-state index contributed by atoms with van der Waals surface area (Å²) in [6.45, 7) is 10.7. The van der Waals surface area contributed by atoms with Crippen molar-refractivity contribution >= 4 is 23.2 Å². The van der Waals surface area contributed by atoms with E-state index in [4.69, 9.17) is 23.2 Å². The fraction of sp³-hybridized carbons (Fsp3) is 1.00.